The molecule has 140 valence electrons. The molecule has 1 aliphatic carbocycles. The Bertz CT molecular complexity index is 922. The van der Waals surface area contributed by atoms with Gasteiger partial charge in [-0.25, -0.2) is 18.2 Å². The Balaban J connectivity index is 1.74. The van der Waals surface area contributed by atoms with Crippen molar-refractivity contribution in [3.63, 3.8) is 0 Å². The number of alkyl halides is 2. The highest BCUT2D eigenvalue weighted by Crippen LogP contribution is 2.56. The van der Waals surface area contributed by atoms with Gasteiger partial charge in [0.05, 0.1) is 0 Å². The minimum atomic E-state index is -2.97. The summed E-state index contributed by atoms with van der Waals surface area (Å²) in [5.74, 6) is -1.96. The molecule has 1 amide bonds. The molecule has 3 atom stereocenters. The molecule has 2 aromatic carbocycles. The van der Waals surface area contributed by atoms with E-state index in [9.17, 15) is 18.0 Å². The van der Waals surface area contributed by atoms with E-state index in [-0.39, 0.29) is 11.6 Å². The quantitative estimate of drug-likeness (QED) is 0.778. The molecular formula is C19H14BrF3N2O2. The molecule has 0 bridgehead atoms. The topological polar surface area (TPSA) is 50.7 Å². The maximum Gasteiger partial charge on any atom is 0.293 e. The lowest BCUT2D eigenvalue weighted by molar-refractivity contribution is 0.0166. The highest BCUT2D eigenvalue weighted by molar-refractivity contribution is 9.10. The number of hydrogen-bond acceptors (Lipinski definition) is 3. The van der Waals surface area contributed by atoms with Gasteiger partial charge in [0.15, 0.2) is 5.54 Å². The molecule has 0 saturated heterocycles. The van der Waals surface area contributed by atoms with Crippen LogP contribution in [0.15, 0.2) is 58.0 Å². The molecule has 27 heavy (non-hydrogen) atoms. The van der Waals surface area contributed by atoms with Crippen molar-refractivity contribution < 1.29 is 22.7 Å². The molecule has 1 N–H and O–H groups in total. The van der Waals surface area contributed by atoms with Gasteiger partial charge in [-0.3, -0.25) is 10.1 Å². The summed E-state index contributed by atoms with van der Waals surface area (Å²) in [5.41, 5.74) is -1.98. The first-order valence-corrected chi connectivity index (χ1v) is 9.07. The number of nitrogens with zero attached hydrogens (tertiary/aromatic N) is 1. The molecule has 0 radical (unpaired) electrons. The number of carbonyl (C=O) groups is 1. The van der Waals surface area contributed by atoms with Gasteiger partial charge in [0, 0.05) is 21.5 Å². The molecule has 8 heteroatoms. The Morgan fingerprint density at radius 1 is 1.26 bits per heavy atom. The second kappa shape index (κ2) is 6.67. The van der Waals surface area contributed by atoms with Crippen LogP contribution in [0.2, 0.25) is 0 Å². The van der Waals surface area contributed by atoms with Crippen LogP contribution >= 0.6 is 15.9 Å². The van der Waals surface area contributed by atoms with Gasteiger partial charge in [0.2, 0.25) is 0 Å². The third-order valence-corrected chi connectivity index (χ3v) is 5.29. The molecule has 2 aromatic rings. The predicted octanol–water partition coefficient (Wildman–Crippen LogP) is 4.25. The number of amides is 1. The maximum atomic E-state index is 14.5. The minimum absolute atomic E-state index is 0.214. The standard InChI is InChI=1S/C19H14BrF3N2O2/c20-11-6-7-14(21)12(8-11)19(17(22)23)13-9-15(13)27-18(25-19)24-16(26)10-4-2-1-3-5-10/h1-8,13,15,17H,9H2,(H,24,25,26)/t13-,15?,19+/m0/s1. The van der Waals surface area contributed by atoms with E-state index in [2.05, 4.69) is 26.2 Å². The lowest BCUT2D eigenvalue weighted by Crippen LogP contribution is -2.46. The highest BCUT2D eigenvalue weighted by Gasteiger charge is 2.64. The van der Waals surface area contributed by atoms with Crippen molar-refractivity contribution in [2.75, 3.05) is 0 Å². The maximum absolute atomic E-state index is 14.5. The van der Waals surface area contributed by atoms with Crippen molar-refractivity contribution in [2.45, 2.75) is 24.5 Å². The summed E-state index contributed by atoms with van der Waals surface area (Å²) in [4.78, 5) is 16.4. The van der Waals surface area contributed by atoms with Crippen molar-refractivity contribution in [2.24, 2.45) is 10.9 Å². The predicted molar refractivity (Wildman–Crippen MR) is 96.1 cm³/mol. The molecule has 1 unspecified atom stereocenters. The Hall–Kier alpha value is -2.35. The van der Waals surface area contributed by atoms with E-state index < -0.39 is 35.7 Å². The van der Waals surface area contributed by atoms with Gasteiger partial charge in [-0.2, -0.15) is 0 Å². The first-order valence-electron chi connectivity index (χ1n) is 8.28. The number of hydrogen-bond donors (Lipinski definition) is 1. The number of benzene rings is 2. The van der Waals surface area contributed by atoms with Gasteiger partial charge < -0.3 is 4.74 Å². The number of halogens is 4. The van der Waals surface area contributed by atoms with Gasteiger partial charge in [0.1, 0.15) is 11.9 Å². The number of fused-ring (bicyclic) bond motifs is 1. The number of ether oxygens (including phenoxy) is 1. The van der Waals surface area contributed by atoms with Crippen molar-refractivity contribution in [3.05, 3.63) is 69.9 Å². The van der Waals surface area contributed by atoms with Crippen LogP contribution in [0.4, 0.5) is 13.2 Å². The van der Waals surface area contributed by atoms with Gasteiger partial charge in [-0.1, -0.05) is 34.1 Å². The van der Waals surface area contributed by atoms with Crippen LogP contribution in [0.25, 0.3) is 0 Å². The van der Waals surface area contributed by atoms with E-state index in [1.165, 1.54) is 12.1 Å². The first-order chi connectivity index (χ1) is 12.9. The normalized spacial score (nSPS) is 26.0. The molecule has 1 heterocycles. The molecule has 1 aliphatic heterocycles. The van der Waals surface area contributed by atoms with Crippen LogP contribution in [0.3, 0.4) is 0 Å². The van der Waals surface area contributed by atoms with Gasteiger partial charge in [-0.15, -0.1) is 0 Å². The Morgan fingerprint density at radius 2 is 2.00 bits per heavy atom. The van der Waals surface area contributed by atoms with Gasteiger partial charge >= 0.3 is 0 Å². The number of rotatable bonds is 3. The molecule has 2 aliphatic rings. The number of carbonyl (C=O) groups excluding carboxylic acids is 1. The van der Waals surface area contributed by atoms with Gasteiger partial charge in [0.25, 0.3) is 18.4 Å². The fourth-order valence-corrected chi connectivity index (χ4v) is 3.76. The summed E-state index contributed by atoms with van der Waals surface area (Å²) in [7, 11) is 0. The van der Waals surface area contributed by atoms with E-state index in [1.807, 2.05) is 0 Å². The lowest BCUT2D eigenvalue weighted by atomic mass is 9.84. The molecule has 4 rings (SSSR count). The van der Waals surface area contributed by atoms with Crippen LogP contribution in [-0.2, 0) is 10.3 Å². The zero-order valence-corrected chi connectivity index (χ0v) is 15.4. The van der Waals surface area contributed by atoms with E-state index >= 15 is 0 Å². The van der Waals surface area contributed by atoms with Crippen molar-refractivity contribution in [1.29, 1.82) is 0 Å². The zero-order valence-electron chi connectivity index (χ0n) is 13.8. The lowest BCUT2D eigenvalue weighted by Gasteiger charge is -2.34. The van der Waals surface area contributed by atoms with Crippen LogP contribution < -0.4 is 5.32 Å². The second-order valence-electron chi connectivity index (χ2n) is 6.49. The zero-order chi connectivity index (χ0) is 19.2. The summed E-state index contributed by atoms with van der Waals surface area (Å²) in [5, 5.41) is 2.43. The monoisotopic (exact) mass is 438 g/mol. The average Bonchev–Trinajstić information content (AvgIpc) is 3.43. The highest BCUT2D eigenvalue weighted by atomic mass is 79.9. The van der Waals surface area contributed by atoms with Gasteiger partial charge in [-0.05, 0) is 36.8 Å². The SMILES string of the molecule is O=C(NC1=N[C@@](c2cc(Br)ccc2F)(C(F)F)[C@H]2CC2O1)c1ccccc1. The van der Waals surface area contributed by atoms with E-state index in [4.69, 9.17) is 4.74 Å². The summed E-state index contributed by atoms with van der Waals surface area (Å²) in [6.45, 7) is 0. The molecule has 4 nitrogen and oxygen atoms in total. The Labute approximate surface area is 161 Å². The number of aliphatic imine (C=N–C) groups is 1. The van der Waals surface area contributed by atoms with Crippen molar-refractivity contribution in [3.8, 4) is 0 Å². The smallest absolute Gasteiger partial charge is 0.293 e. The van der Waals surface area contributed by atoms with Crippen LogP contribution in [-0.4, -0.2) is 24.5 Å². The first kappa shape index (κ1) is 18.0. The Kier molecular flexibility index (Phi) is 4.46. The molecule has 1 fully saturated rings. The summed E-state index contributed by atoms with van der Waals surface area (Å²) >= 11 is 3.19. The summed E-state index contributed by atoms with van der Waals surface area (Å²) < 4.78 is 48.9. The van der Waals surface area contributed by atoms with Crippen molar-refractivity contribution in [1.82, 2.24) is 5.32 Å². The minimum Gasteiger partial charge on any atom is -0.461 e. The van der Waals surface area contributed by atoms with Crippen LogP contribution in [0.1, 0.15) is 22.3 Å². The van der Waals surface area contributed by atoms with E-state index in [0.717, 1.165) is 6.07 Å². The third-order valence-electron chi connectivity index (χ3n) is 4.80. The van der Waals surface area contributed by atoms with Crippen LogP contribution in [0, 0.1) is 11.7 Å². The Morgan fingerprint density at radius 3 is 2.70 bits per heavy atom. The number of nitrogens with one attached hydrogen (secondary N) is 1. The summed E-state index contributed by atoms with van der Waals surface area (Å²) in [6, 6.07) is 11.8. The third kappa shape index (κ3) is 3.12. The molecule has 0 spiro atoms. The van der Waals surface area contributed by atoms with Crippen LogP contribution in [0.5, 0.6) is 0 Å². The van der Waals surface area contributed by atoms with Crippen molar-refractivity contribution >= 4 is 27.9 Å². The van der Waals surface area contributed by atoms with E-state index in [0.29, 0.717) is 16.5 Å². The molecule has 1 saturated carbocycles. The summed E-state index contributed by atoms with van der Waals surface area (Å²) in [6.07, 6.45) is -3.20. The molecule has 0 aromatic heterocycles. The second-order valence-corrected chi connectivity index (χ2v) is 7.40. The number of amidine groups is 1. The van der Waals surface area contributed by atoms with E-state index in [1.54, 1.807) is 30.3 Å². The fourth-order valence-electron chi connectivity index (χ4n) is 3.39. The molecular weight excluding hydrogens is 425 g/mol. The largest absolute Gasteiger partial charge is 0.461 e. The average molecular weight is 439 g/mol. The fraction of sp³-hybridized carbons (Fsp3) is 0.263.